The Kier molecular flexibility index (Phi) is 5.51. The minimum atomic E-state index is 0.103. The molecule has 0 radical (unpaired) electrons. The summed E-state index contributed by atoms with van der Waals surface area (Å²) in [7, 11) is 0. The number of carbonyl (C=O) groups excluding carboxylic acids is 2. The zero-order chi connectivity index (χ0) is 20.3. The lowest BCUT2D eigenvalue weighted by Crippen LogP contribution is -2.52. The third-order valence-corrected chi connectivity index (χ3v) is 6.31. The van der Waals surface area contributed by atoms with Crippen LogP contribution in [0.3, 0.4) is 0 Å². The van der Waals surface area contributed by atoms with Gasteiger partial charge in [0.1, 0.15) is 5.75 Å². The van der Waals surface area contributed by atoms with Gasteiger partial charge in [-0.3, -0.25) is 14.6 Å². The number of pyridine rings is 1. The number of hydrogen-bond donors (Lipinski definition) is 1. The van der Waals surface area contributed by atoms with Crippen LogP contribution < -0.4 is 0 Å². The second-order valence-electron chi connectivity index (χ2n) is 8.33. The lowest BCUT2D eigenvalue weighted by molar-refractivity contribution is -0.142. The van der Waals surface area contributed by atoms with Crippen molar-refractivity contribution >= 4 is 11.8 Å². The highest BCUT2D eigenvalue weighted by Gasteiger charge is 2.41. The maximum absolute atomic E-state index is 12.7. The van der Waals surface area contributed by atoms with Crippen molar-refractivity contribution in [2.75, 3.05) is 19.6 Å². The number of phenols is 1. The average molecular weight is 393 g/mol. The Morgan fingerprint density at radius 3 is 2.55 bits per heavy atom. The molecule has 152 valence electrons. The normalized spacial score (nSPS) is 18.8. The van der Waals surface area contributed by atoms with Crippen molar-refractivity contribution < 1.29 is 14.7 Å². The summed E-state index contributed by atoms with van der Waals surface area (Å²) in [6, 6.07) is 10.8. The molecular weight excluding hydrogens is 366 g/mol. The van der Waals surface area contributed by atoms with Crippen LogP contribution in [0.25, 0.3) is 0 Å². The Hall–Kier alpha value is -2.89. The summed E-state index contributed by atoms with van der Waals surface area (Å²) in [5.74, 6) is 0.509. The Balaban J connectivity index is 1.35. The Labute approximate surface area is 171 Å². The van der Waals surface area contributed by atoms with E-state index in [2.05, 4.69) is 4.98 Å². The zero-order valence-electron chi connectivity index (χ0n) is 16.6. The standard InChI is InChI=1S/C23H27N3O3/c27-20-3-1-2-19(14-20)15-22(29)25-12-8-23(9-13-25)7-4-21(28)26(17-23)16-18-5-10-24-11-6-18/h1-3,5-6,10-11,14,27H,4,7-9,12-13,15-17H2. The van der Waals surface area contributed by atoms with E-state index in [1.165, 1.54) is 0 Å². The molecule has 4 rings (SSSR count). The fraction of sp³-hybridized carbons (Fsp3) is 0.435. The van der Waals surface area contributed by atoms with Crippen LogP contribution in [0.4, 0.5) is 0 Å². The van der Waals surface area contributed by atoms with Crippen molar-refractivity contribution in [3.8, 4) is 5.75 Å². The first kappa shape index (κ1) is 19.4. The largest absolute Gasteiger partial charge is 0.508 e. The highest BCUT2D eigenvalue weighted by Crippen LogP contribution is 2.40. The van der Waals surface area contributed by atoms with Gasteiger partial charge in [0.2, 0.25) is 11.8 Å². The van der Waals surface area contributed by atoms with Crippen molar-refractivity contribution in [2.24, 2.45) is 5.41 Å². The van der Waals surface area contributed by atoms with Crippen LogP contribution >= 0.6 is 0 Å². The summed E-state index contributed by atoms with van der Waals surface area (Å²) in [6.45, 7) is 2.86. The molecule has 1 spiro atoms. The lowest BCUT2D eigenvalue weighted by atomic mass is 9.72. The predicted molar refractivity (Wildman–Crippen MR) is 109 cm³/mol. The number of nitrogens with zero attached hydrogens (tertiary/aromatic N) is 3. The molecule has 0 saturated carbocycles. The number of likely N-dealkylation sites (tertiary alicyclic amines) is 2. The predicted octanol–water partition coefficient (Wildman–Crippen LogP) is 2.76. The van der Waals surface area contributed by atoms with E-state index < -0.39 is 0 Å². The number of rotatable bonds is 4. The van der Waals surface area contributed by atoms with Crippen LogP contribution in [-0.2, 0) is 22.6 Å². The van der Waals surface area contributed by atoms with Crippen LogP contribution in [-0.4, -0.2) is 51.3 Å². The molecule has 6 nitrogen and oxygen atoms in total. The Morgan fingerprint density at radius 1 is 1.07 bits per heavy atom. The molecule has 0 aliphatic carbocycles. The van der Waals surface area contributed by atoms with Crippen LogP contribution in [0.2, 0.25) is 0 Å². The van der Waals surface area contributed by atoms with Crippen molar-refractivity contribution in [3.05, 3.63) is 59.9 Å². The van der Waals surface area contributed by atoms with Gasteiger partial charge in [0.05, 0.1) is 6.42 Å². The first-order valence-electron chi connectivity index (χ1n) is 10.3. The van der Waals surface area contributed by atoms with Gasteiger partial charge in [-0.05, 0) is 60.1 Å². The van der Waals surface area contributed by atoms with Gasteiger partial charge in [0.15, 0.2) is 0 Å². The molecule has 1 aromatic heterocycles. The summed E-state index contributed by atoms with van der Waals surface area (Å²) in [4.78, 5) is 33.1. The average Bonchev–Trinajstić information content (AvgIpc) is 2.72. The van der Waals surface area contributed by atoms with Crippen LogP contribution in [0.15, 0.2) is 48.8 Å². The minimum absolute atomic E-state index is 0.103. The van der Waals surface area contributed by atoms with E-state index in [0.29, 0.717) is 19.4 Å². The molecule has 2 amide bonds. The molecule has 0 atom stereocenters. The molecule has 0 bridgehead atoms. The fourth-order valence-corrected chi connectivity index (χ4v) is 4.55. The molecule has 2 aromatic rings. The molecule has 2 saturated heterocycles. The van der Waals surface area contributed by atoms with E-state index in [9.17, 15) is 14.7 Å². The number of benzene rings is 1. The van der Waals surface area contributed by atoms with Gasteiger partial charge in [0, 0.05) is 45.0 Å². The van der Waals surface area contributed by atoms with Gasteiger partial charge in [0.25, 0.3) is 0 Å². The third kappa shape index (κ3) is 4.58. The molecular formula is C23H27N3O3. The first-order chi connectivity index (χ1) is 14.0. The zero-order valence-corrected chi connectivity index (χ0v) is 16.6. The summed E-state index contributed by atoms with van der Waals surface area (Å²) >= 11 is 0. The van der Waals surface area contributed by atoms with E-state index in [0.717, 1.165) is 50.0 Å². The fourth-order valence-electron chi connectivity index (χ4n) is 4.55. The second kappa shape index (κ2) is 8.23. The Morgan fingerprint density at radius 2 is 1.83 bits per heavy atom. The van der Waals surface area contributed by atoms with Gasteiger partial charge in [-0.25, -0.2) is 0 Å². The second-order valence-corrected chi connectivity index (χ2v) is 8.33. The molecule has 1 N–H and O–H groups in total. The molecule has 3 heterocycles. The summed E-state index contributed by atoms with van der Waals surface area (Å²) < 4.78 is 0. The Bertz CT molecular complexity index is 876. The van der Waals surface area contributed by atoms with Crippen LogP contribution in [0.5, 0.6) is 5.75 Å². The number of amides is 2. The quantitative estimate of drug-likeness (QED) is 0.867. The highest BCUT2D eigenvalue weighted by atomic mass is 16.3. The molecule has 2 fully saturated rings. The van der Waals surface area contributed by atoms with Gasteiger partial charge in [-0.15, -0.1) is 0 Å². The van der Waals surface area contributed by atoms with Crippen LogP contribution in [0.1, 0.15) is 36.8 Å². The van der Waals surface area contributed by atoms with Gasteiger partial charge in [-0.2, -0.15) is 0 Å². The van der Waals surface area contributed by atoms with E-state index in [1.54, 1.807) is 30.6 Å². The number of piperidine rings is 2. The van der Waals surface area contributed by atoms with E-state index in [1.807, 2.05) is 28.0 Å². The summed E-state index contributed by atoms with van der Waals surface area (Å²) in [5, 5.41) is 9.59. The van der Waals surface area contributed by atoms with Gasteiger partial charge in [-0.1, -0.05) is 12.1 Å². The maximum Gasteiger partial charge on any atom is 0.226 e. The molecule has 2 aliphatic rings. The first-order valence-corrected chi connectivity index (χ1v) is 10.3. The molecule has 2 aliphatic heterocycles. The lowest BCUT2D eigenvalue weighted by Gasteiger charge is -2.47. The number of phenolic OH excluding ortho intramolecular Hbond substituents is 1. The van der Waals surface area contributed by atoms with Crippen molar-refractivity contribution in [2.45, 2.75) is 38.6 Å². The molecule has 0 unspecified atom stereocenters. The van der Waals surface area contributed by atoms with Crippen molar-refractivity contribution in [1.82, 2.24) is 14.8 Å². The van der Waals surface area contributed by atoms with Crippen LogP contribution in [0, 0.1) is 5.41 Å². The summed E-state index contributed by atoms with van der Waals surface area (Å²) in [6.07, 6.45) is 7.19. The smallest absolute Gasteiger partial charge is 0.226 e. The molecule has 6 heteroatoms. The number of aromatic nitrogens is 1. The minimum Gasteiger partial charge on any atom is -0.508 e. The number of hydrogen-bond acceptors (Lipinski definition) is 4. The summed E-state index contributed by atoms with van der Waals surface area (Å²) in [5.41, 5.74) is 2.05. The molecule has 29 heavy (non-hydrogen) atoms. The monoisotopic (exact) mass is 393 g/mol. The SMILES string of the molecule is O=C(Cc1cccc(O)c1)N1CCC2(CCC(=O)N(Cc3ccncc3)C2)CC1. The topological polar surface area (TPSA) is 73.7 Å². The maximum atomic E-state index is 12.7. The van der Waals surface area contributed by atoms with E-state index >= 15 is 0 Å². The van der Waals surface area contributed by atoms with Crippen molar-refractivity contribution in [3.63, 3.8) is 0 Å². The molecule has 1 aromatic carbocycles. The van der Waals surface area contributed by atoms with Gasteiger partial charge < -0.3 is 14.9 Å². The van der Waals surface area contributed by atoms with Gasteiger partial charge >= 0.3 is 0 Å². The third-order valence-electron chi connectivity index (χ3n) is 6.31. The highest BCUT2D eigenvalue weighted by molar-refractivity contribution is 5.79. The van der Waals surface area contributed by atoms with E-state index in [-0.39, 0.29) is 23.0 Å². The van der Waals surface area contributed by atoms with E-state index in [4.69, 9.17) is 0 Å². The van der Waals surface area contributed by atoms with Crippen molar-refractivity contribution in [1.29, 1.82) is 0 Å². The number of aromatic hydroxyl groups is 1. The number of carbonyl (C=O) groups is 2.